The highest BCUT2D eigenvalue weighted by Crippen LogP contribution is 2.08. The monoisotopic (exact) mass is 194 g/mol. The summed E-state index contributed by atoms with van der Waals surface area (Å²) < 4.78 is 0. The fourth-order valence-electron chi connectivity index (χ4n) is 1.10. The van der Waals surface area contributed by atoms with Gasteiger partial charge in [0.25, 0.3) is 0 Å². The Hall–Kier alpha value is -1.83. The second-order valence-electron chi connectivity index (χ2n) is 2.90. The van der Waals surface area contributed by atoms with E-state index in [1.165, 1.54) is 4.80 Å². The van der Waals surface area contributed by atoms with Gasteiger partial charge >= 0.3 is 0 Å². The number of rotatable bonds is 3. The Morgan fingerprint density at radius 1 is 1.64 bits per heavy atom. The van der Waals surface area contributed by atoms with Gasteiger partial charge in [0.05, 0.1) is 25.0 Å². The van der Waals surface area contributed by atoms with Crippen LogP contribution in [0.3, 0.4) is 0 Å². The van der Waals surface area contributed by atoms with Crippen molar-refractivity contribution in [3.8, 4) is 0 Å². The van der Waals surface area contributed by atoms with E-state index in [-0.39, 0.29) is 6.04 Å². The largest absolute Gasteiger partial charge is 0.322 e. The molecule has 2 heterocycles. The van der Waals surface area contributed by atoms with Crippen LogP contribution in [0, 0.1) is 0 Å². The van der Waals surface area contributed by atoms with Crippen molar-refractivity contribution in [2.45, 2.75) is 12.5 Å². The number of hydrogen-bond donors (Lipinski definition) is 2. The van der Waals surface area contributed by atoms with Crippen molar-refractivity contribution in [2.24, 2.45) is 12.8 Å². The summed E-state index contributed by atoms with van der Waals surface area (Å²) >= 11 is 0. The Bertz CT molecular complexity index is 390. The third kappa shape index (κ3) is 1.74. The average Bonchev–Trinajstić information content (AvgIpc) is 2.75. The van der Waals surface area contributed by atoms with Crippen LogP contribution in [0.5, 0.6) is 0 Å². The molecule has 8 heteroatoms. The standard InChI is InChI=1S/C6H10N8/c1-14-11-6(10-13-14)2-4(7)5-3-8-12-9-5/h3-4H,2,7H2,1H3,(H,8,9,12). The van der Waals surface area contributed by atoms with Crippen LogP contribution in [0.2, 0.25) is 0 Å². The van der Waals surface area contributed by atoms with Gasteiger partial charge in [0.15, 0.2) is 5.82 Å². The van der Waals surface area contributed by atoms with E-state index in [1.807, 2.05) is 0 Å². The number of tetrazole rings is 1. The Kier molecular flexibility index (Phi) is 2.19. The van der Waals surface area contributed by atoms with Gasteiger partial charge in [-0.05, 0) is 5.21 Å². The smallest absolute Gasteiger partial charge is 0.176 e. The minimum absolute atomic E-state index is 0.252. The molecule has 0 saturated heterocycles. The lowest BCUT2D eigenvalue weighted by Gasteiger charge is -2.02. The van der Waals surface area contributed by atoms with E-state index in [0.717, 1.165) is 0 Å². The molecule has 2 aromatic rings. The SMILES string of the molecule is Cn1nnc(CC(N)c2cn[nH]n2)n1. The molecule has 3 N–H and O–H groups in total. The molecule has 2 aromatic heterocycles. The van der Waals surface area contributed by atoms with Gasteiger partial charge in [-0.2, -0.15) is 20.2 Å². The summed E-state index contributed by atoms with van der Waals surface area (Å²) in [6.45, 7) is 0. The maximum absolute atomic E-state index is 5.84. The van der Waals surface area contributed by atoms with Crippen LogP contribution in [0.1, 0.15) is 17.6 Å². The second kappa shape index (κ2) is 3.50. The van der Waals surface area contributed by atoms with E-state index in [1.54, 1.807) is 13.2 Å². The number of hydrogen-bond acceptors (Lipinski definition) is 6. The third-order valence-corrected chi connectivity index (χ3v) is 1.77. The van der Waals surface area contributed by atoms with E-state index in [0.29, 0.717) is 17.9 Å². The van der Waals surface area contributed by atoms with Crippen LogP contribution in [0.15, 0.2) is 6.20 Å². The summed E-state index contributed by atoms with van der Waals surface area (Å²) in [5.41, 5.74) is 6.53. The quantitative estimate of drug-likeness (QED) is 0.619. The Balaban J connectivity index is 2.05. The van der Waals surface area contributed by atoms with Crippen molar-refractivity contribution in [2.75, 3.05) is 0 Å². The first-order valence-electron chi connectivity index (χ1n) is 4.10. The van der Waals surface area contributed by atoms with Crippen LogP contribution in [0.4, 0.5) is 0 Å². The molecule has 0 aliphatic rings. The van der Waals surface area contributed by atoms with Gasteiger partial charge in [0.2, 0.25) is 0 Å². The summed E-state index contributed by atoms with van der Waals surface area (Å²) in [6.07, 6.45) is 2.08. The number of nitrogens with zero attached hydrogens (tertiary/aromatic N) is 6. The first kappa shape index (κ1) is 8.75. The number of aromatic nitrogens is 7. The van der Waals surface area contributed by atoms with E-state index in [9.17, 15) is 0 Å². The summed E-state index contributed by atoms with van der Waals surface area (Å²) in [5, 5.41) is 21.6. The molecule has 1 atom stereocenters. The molecule has 0 aromatic carbocycles. The van der Waals surface area contributed by atoms with Gasteiger partial charge in [-0.3, -0.25) is 0 Å². The third-order valence-electron chi connectivity index (χ3n) is 1.77. The van der Waals surface area contributed by atoms with Crippen molar-refractivity contribution in [1.29, 1.82) is 0 Å². The fraction of sp³-hybridized carbons (Fsp3) is 0.500. The summed E-state index contributed by atoms with van der Waals surface area (Å²) in [5.74, 6) is 0.600. The van der Waals surface area contributed by atoms with Gasteiger partial charge in [-0.15, -0.1) is 10.2 Å². The van der Waals surface area contributed by atoms with Gasteiger partial charge in [-0.1, -0.05) is 0 Å². The van der Waals surface area contributed by atoms with Crippen LogP contribution in [0.25, 0.3) is 0 Å². The molecule has 14 heavy (non-hydrogen) atoms. The number of nitrogens with two attached hydrogens (primary N) is 1. The molecular weight excluding hydrogens is 184 g/mol. The molecule has 0 bridgehead atoms. The van der Waals surface area contributed by atoms with Crippen LogP contribution in [-0.4, -0.2) is 35.6 Å². The van der Waals surface area contributed by atoms with Gasteiger partial charge < -0.3 is 5.73 Å². The molecule has 0 amide bonds. The van der Waals surface area contributed by atoms with Gasteiger partial charge in [-0.25, -0.2) is 0 Å². The molecular formula is C6H10N8. The topological polar surface area (TPSA) is 111 Å². The minimum atomic E-state index is -0.252. The maximum Gasteiger partial charge on any atom is 0.176 e. The summed E-state index contributed by atoms with van der Waals surface area (Å²) in [7, 11) is 1.71. The zero-order chi connectivity index (χ0) is 9.97. The highest BCUT2D eigenvalue weighted by Gasteiger charge is 2.12. The van der Waals surface area contributed by atoms with Gasteiger partial charge in [0, 0.05) is 6.42 Å². The van der Waals surface area contributed by atoms with Crippen molar-refractivity contribution in [1.82, 2.24) is 35.6 Å². The Morgan fingerprint density at radius 3 is 3.07 bits per heavy atom. The molecule has 0 radical (unpaired) electrons. The maximum atomic E-state index is 5.84. The van der Waals surface area contributed by atoms with Gasteiger partial charge in [0.1, 0.15) is 0 Å². The predicted molar refractivity (Wildman–Crippen MR) is 45.8 cm³/mol. The molecule has 0 aliphatic heterocycles. The summed E-state index contributed by atoms with van der Waals surface area (Å²) in [6, 6.07) is -0.252. The van der Waals surface area contributed by atoms with Crippen molar-refractivity contribution in [3.05, 3.63) is 17.7 Å². The molecule has 0 aliphatic carbocycles. The van der Waals surface area contributed by atoms with Crippen LogP contribution in [-0.2, 0) is 13.5 Å². The Morgan fingerprint density at radius 2 is 2.50 bits per heavy atom. The highest BCUT2D eigenvalue weighted by atomic mass is 15.6. The number of aryl methyl sites for hydroxylation is 1. The normalized spacial score (nSPS) is 13.0. The lowest BCUT2D eigenvalue weighted by molar-refractivity contribution is 0.620. The van der Waals surface area contributed by atoms with Crippen LogP contribution < -0.4 is 5.73 Å². The lowest BCUT2D eigenvalue weighted by Crippen LogP contribution is -2.14. The van der Waals surface area contributed by atoms with E-state index in [2.05, 4.69) is 30.8 Å². The zero-order valence-electron chi connectivity index (χ0n) is 7.62. The lowest BCUT2D eigenvalue weighted by atomic mass is 10.1. The average molecular weight is 194 g/mol. The first-order valence-corrected chi connectivity index (χ1v) is 4.10. The highest BCUT2D eigenvalue weighted by molar-refractivity contribution is 5.01. The number of H-pyrrole nitrogens is 1. The van der Waals surface area contributed by atoms with Crippen molar-refractivity contribution >= 4 is 0 Å². The molecule has 74 valence electrons. The molecule has 0 fully saturated rings. The predicted octanol–water partition coefficient (Wildman–Crippen LogP) is -1.43. The van der Waals surface area contributed by atoms with Crippen molar-refractivity contribution in [3.63, 3.8) is 0 Å². The van der Waals surface area contributed by atoms with Crippen molar-refractivity contribution < 1.29 is 0 Å². The second-order valence-corrected chi connectivity index (χ2v) is 2.90. The van der Waals surface area contributed by atoms with E-state index < -0.39 is 0 Å². The number of aromatic amines is 1. The minimum Gasteiger partial charge on any atom is -0.322 e. The fourth-order valence-corrected chi connectivity index (χ4v) is 1.10. The number of nitrogens with one attached hydrogen (secondary N) is 1. The zero-order valence-corrected chi connectivity index (χ0v) is 7.62. The first-order chi connectivity index (χ1) is 6.75. The molecule has 8 nitrogen and oxygen atoms in total. The molecule has 0 saturated carbocycles. The molecule has 0 spiro atoms. The molecule has 2 rings (SSSR count). The Labute approximate surface area is 79.5 Å². The summed E-state index contributed by atoms with van der Waals surface area (Å²) in [4.78, 5) is 1.39. The van der Waals surface area contributed by atoms with E-state index in [4.69, 9.17) is 5.73 Å². The van der Waals surface area contributed by atoms with E-state index >= 15 is 0 Å². The molecule has 1 unspecified atom stereocenters. The van der Waals surface area contributed by atoms with Crippen LogP contribution >= 0.6 is 0 Å².